The number of carbonyl (C=O) groups excluding carboxylic acids is 2. The number of carbonyl (C=O) groups is 2. The van der Waals surface area contributed by atoms with Crippen molar-refractivity contribution in [2.45, 2.75) is 78.6 Å². The van der Waals surface area contributed by atoms with Gasteiger partial charge in [0.2, 0.25) is 0 Å². The van der Waals surface area contributed by atoms with Crippen LogP contribution >= 0.6 is 11.3 Å². The normalized spacial score (nSPS) is 15.2. The summed E-state index contributed by atoms with van der Waals surface area (Å²) in [5.74, 6) is 0.445. The first-order valence-electron chi connectivity index (χ1n) is 10.9. The average molecular weight is 464 g/mol. The fourth-order valence-corrected chi connectivity index (χ4v) is 4.51. The molecule has 0 unspecified atom stereocenters. The Kier molecular flexibility index (Phi) is 6.88. The summed E-state index contributed by atoms with van der Waals surface area (Å²) < 4.78 is 13.6. The van der Waals surface area contributed by atoms with Crippen molar-refractivity contribution in [3.8, 4) is 0 Å². The Balaban J connectivity index is 1.97. The molecule has 9 heteroatoms. The van der Waals surface area contributed by atoms with E-state index in [4.69, 9.17) is 14.7 Å². The summed E-state index contributed by atoms with van der Waals surface area (Å²) >= 11 is 1.39. The number of nitrogens with zero attached hydrogens (tertiary/aromatic N) is 3. The predicted molar refractivity (Wildman–Crippen MR) is 125 cm³/mol. The lowest BCUT2D eigenvalue weighted by molar-refractivity contribution is 0.0163. The van der Waals surface area contributed by atoms with Crippen molar-refractivity contribution in [2.75, 3.05) is 6.54 Å². The van der Waals surface area contributed by atoms with Gasteiger partial charge in [0.05, 0.1) is 33.5 Å². The minimum absolute atomic E-state index is 0.232. The minimum Gasteiger partial charge on any atom is -0.444 e. The van der Waals surface area contributed by atoms with Crippen molar-refractivity contribution in [1.82, 2.24) is 9.47 Å². The molecule has 32 heavy (non-hydrogen) atoms. The molecule has 0 bridgehead atoms. The molecule has 2 aromatic heterocycles. The number of fused-ring (bicyclic) bond motifs is 1. The maximum absolute atomic E-state index is 13.1. The van der Waals surface area contributed by atoms with E-state index < -0.39 is 23.4 Å². The number of hydrogen-bond donors (Lipinski definition) is 1. The van der Waals surface area contributed by atoms with Gasteiger partial charge in [-0.05, 0) is 72.4 Å². The lowest BCUT2D eigenvalue weighted by Gasteiger charge is -2.33. The summed E-state index contributed by atoms with van der Waals surface area (Å²) in [4.78, 5) is 28.5. The second-order valence-corrected chi connectivity index (χ2v) is 11.4. The lowest BCUT2D eigenvalue weighted by atomic mass is 9.85. The van der Waals surface area contributed by atoms with Crippen LogP contribution in [0.4, 0.5) is 9.59 Å². The van der Waals surface area contributed by atoms with E-state index in [2.05, 4.69) is 5.16 Å². The van der Waals surface area contributed by atoms with Crippen molar-refractivity contribution >= 4 is 40.0 Å². The van der Waals surface area contributed by atoms with E-state index in [1.807, 2.05) is 47.6 Å². The van der Waals surface area contributed by atoms with Gasteiger partial charge in [-0.1, -0.05) is 11.6 Å². The monoisotopic (exact) mass is 463 g/mol. The molecule has 1 amide bonds. The summed E-state index contributed by atoms with van der Waals surface area (Å²) in [5, 5.41) is 12.0. The molecule has 2 heterocycles. The zero-order valence-electron chi connectivity index (χ0n) is 19.7. The third-order valence-electron chi connectivity index (χ3n) is 5.05. The van der Waals surface area contributed by atoms with Crippen LogP contribution in [0.1, 0.15) is 71.4 Å². The SMILES string of the molecule is CC(C)(C)OC(=O)N(Cc1cc2sc(/C=N/O)cc2n1C(=O)OC(C)(C)C)CC1CCC1. The largest absolute Gasteiger partial charge is 0.444 e. The number of rotatable bonds is 5. The summed E-state index contributed by atoms with van der Waals surface area (Å²) in [5.41, 5.74) is 0.0220. The highest BCUT2D eigenvalue weighted by Crippen LogP contribution is 2.32. The van der Waals surface area contributed by atoms with Crippen LogP contribution < -0.4 is 0 Å². The lowest BCUT2D eigenvalue weighted by Crippen LogP contribution is -2.41. The quantitative estimate of drug-likeness (QED) is 0.342. The van der Waals surface area contributed by atoms with Gasteiger partial charge in [0, 0.05) is 6.54 Å². The van der Waals surface area contributed by atoms with E-state index >= 15 is 0 Å². The fourth-order valence-electron chi connectivity index (χ4n) is 3.54. The number of hydrogen-bond acceptors (Lipinski definition) is 7. The number of thiophene rings is 1. The molecular formula is C23H33N3O5S. The first-order chi connectivity index (χ1) is 14.9. The summed E-state index contributed by atoms with van der Waals surface area (Å²) in [6.45, 7) is 11.8. The highest BCUT2D eigenvalue weighted by atomic mass is 32.1. The van der Waals surface area contributed by atoms with Crippen LogP contribution in [-0.2, 0) is 16.0 Å². The smallest absolute Gasteiger partial charge is 0.419 e. The maximum Gasteiger partial charge on any atom is 0.419 e. The first kappa shape index (κ1) is 24.1. The van der Waals surface area contributed by atoms with E-state index in [9.17, 15) is 9.59 Å². The van der Waals surface area contributed by atoms with Gasteiger partial charge in [-0.3, -0.25) is 0 Å². The molecule has 1 fully saturated rings. The standard InChI is InChI=1S/C23H33N3O5S/c1-22(2,3)30-20(27)25(13-15-8-7-9-15)14-16-10-19-18(11-17(32-19)12-24-29)26(16)21(28)31-23(4,5)6/h10-12,15,29H,7-9,13-14H2,1-6H3/b24-12+. The molecule has 1 N–H and O–H groups in total. The molecule has 0 aliphatic heterocycles. The Morgan fingerprint density at radius 2 is 1.84 bits per heavy atom. The number of aromatic nitrogens is 1. The summed E-state index contributed by atoms with van der Waals surface area (Å²) in [6.07, 6.45) is 3.77. The molecule has 0 atom stereocenters. The Morgan fingerprint density at radius 3 is 2.38 bits per heavy atom. The van der Waals surface area contributed by atoms with Crippen molar-refractivity contribution in [1.29, 1.82) is 0 Å². The zero-order chi connectivity index (χ0) is 23.7. The molecule has 0 aromatic carbocycles. The van der Waals surface area contributed by atoms with Crippen LogP contribution in [0, 0.1) is 5.92 Å². The second-order valence-electron chi connectivity index (χ2n) is 10.3. The van der Waals surface area contributed by atoms with Gasteiger partial charge in [0.1, 0.15) is 11.2 Å². The molecule has 176 valence electrons. The molecule has 8 nitrogen and oxygen atoms in total. The Bertz CT molecular complexity index is 1010. The van der Waals surface area contributed by atoms with Crippen molar-refractivity contribution < 1.29 is 24.3 Å². The van der Waals surface area contributed by atoms with E-state index in [-0.39, 0.29) is 6.54 Å². The van der Waals surface area contributed by atoms with E-state index in [1.54, 1.807) is 11.0 Å². The van der Waals surface area contributed by atoms with Crippen LogP contribution in [0.5, 0.6) is 0 Å². The molecular weight excluding hydrogens is 430 g/mol. The molecule has 1 aliphatic carbocycles. The van der Waals surface area contributed by atoms with Gasteiger partial charge in [-0.25, -0.2) is 14.2 Å². The minimum atomic E-state index is -0.673. The molecule has 0 radical (unpaired) electrons. The zero-order valence-corrected chi connectivity index (χ0v) is 20.5. The van der Waals surface area contributed by atoms with E-state index in [0.717, 1.165) is 17.5 Å². The Morgan fingerprint density at radius 1 is 1.19 bits per heavy atom. The number of amides is 1. The molecule has 0 saturated heterocycles. The molecule has 0 spiro atoms. The van der Waals surface area contributed by atoms with Crippen molar-refractivity contribution in [3.05, 3.63) is 22.7 Å². The number of oxime groups is 1. The Hall–Kier alpha value is -2.55. The van der Waals surface area contributed by atoms with Gasteiger partial charge in [0.15, 0.2) is 0 Å². The van der Waals surface area contributed by atoms with E-state index in [0.29, 0.717) is 28.6 Å². The molecule has 1 saturated carbocycles. The number of ether oxygens (including phenoxy) is 2. The third-order valence-corrected chi connectivity index (χ3v) is 6.06. The second kappa shape index (κ2) is 9.13. The molecule has 3 rings (SSSR count). The van der Waals surface area contributed by atoms with Gasteiger partial charge < -0.3 is 19.6 Å². The third kappa shape index (κ3) is 6.03. The average Bonchev–Trinajstić information content (AvgIpc) is 3.10. The Labute approximate surface area is 192 Å². The first-order valence-corrected chi connectivity index (χ1v) is 11.7. The van der Waals surface area contributed by atoms with Crippen LogP contribution in [0.2, 0.25) is 0 Å². The molecule has 1 aliphatic rings. The van der Waals surface area contributed by atoms with E-state index in [1.165, 1.54) is 28.5 Å². The van der Waals surface area contributed by atoms with Gasteiger partial charge in [-0.2, -0.15) is 0 Å². The maximum atomic E-state index is 13.1. The van der Waals surface area contributed by atoms with Crippen molar-refractivity contribution in [2.24, 2.45) is 11.1 Å². The summed E-state index contributed by atoms with van der Waals surface area (Å²) in [7, 11) is 0. The van der Waals surface area contributed by atoms with Crippen LogP contribution in [-0.4, -0.2) is 50.8 Å². The predicted octanol–water partition coefficient (Wildman–Crippen LogP) is 5.83. The van der Waals surface area contributed by atoms with Crippen LogP contribution in [0.3, 0.4) is 0 Å². The summed E-state index contributed by atoms with van der Waals surface area (Å²) in [6, 6.07) is 3.66. The highest BCUT2D eigenvalue weighted by molar-refractivity contribution is 7.20. The van der Waals surface area contributed by atoms with Gasteiger partial charge in [0.25, 0.3) is 0 Å². The van der Waals surface area contributed by atoms with Crippen molar-refractivity contribution in [3.63, 3.8) is 0 Å². The molecule has 2 aromatic rings. The van der Waals surface area contributed by atoms with Crippen LogP contribution in [0.15, 0.2) is 17.3 Å². The van der Waals surface area contributed by atoms with Gasteiger partial charge in [-0.15, -0.1) is 11.3 Å². The topological polar surface area (TPSA) is 93.4 Å². The fraction of sp³-hybridized carbons (Fsp3) is 0.609. The van der Waals surface area contributed by atoms with Gasteiger partial charge >= 0.3 is 12.2 Å². The highest BCUT2D eigenvalue weighted by Gasteiger charge is 2.30. The van der Waals surface area contributed by atoms with Crippen LogP contribution in [0.25, 0.3) is 10.2 Å².